The molecular formula is C14H20N2O2. The van der Waals surface area contributed by atoms with Crippen LogP contribution in [-0.2, 0) is 6.54 Å². The summed E-state index contributed by atoms with van der Waals surface area (Å²) in [7, 11) is 0. The maximum absolute atomic E-state index is 10.7. The Morgan fingerprint density at radius 1 is 1.50 bits per heavy atom. The second kappa shape index (κ2) is 5.06. The van der Waals surface area contributed by atoms with Crippen molar-refractivity contribution in [2.75, 3.05) is 0 Å². The molecule has 0 spiro atoms. The molecule has 1 aromatic carbocycles. The molecule has 1 atom stereocenters. The van der Waals surface area contributed by atoms with E-state index >= 15 is 0 Å². The monoisotopic (exact) mass is 248 g/mol. The van der Waals surface area contributed by atoms with E-state index in [1.54, 1.807) is 12.1 Å². The molecule has 1 unspecified atom stereocenters. The average molecular weight is 248 g/mol. The molecule has 2 rings (SSSR count). The summed E-state index contributed by atoms with van der Waals surface area (Å²) in [6.45, 7) is 5.27. The third-order valence-corrected chi connectivity index (χ3v) is 3.93. The molecule has 0 amide bonds. The number of nitro benzene ring substituents is 1. The third-order valence-electron chi connectivity index (χ3n) is 3.93. The lowest BCUT2D eigenvalue weighted by Crippen LogP contribution is -2.37. The van der Waals surface area contributed by atoms with Crippen LogP contribution < -0.4 is 5.32 Å². The summed E-state index contributed by atoms with van der Waals surface area (Å²) in [5.74, 6) is 0. The Bertz CT molecular complexity index is 443. The van der Waals surface area contributed by atoms with Crippen molar-refractivity contribution in [2.45, 2.75) is 45.7 Å². The minimum absolute atomic E-state index is 0.167. The summed E-state index contributed by atoms with van der Waals surface area (Å²) in [5, 5.41) is 14.2. The van der Waals surface area contributed by atoms with Gasteiger partial charge in [0.15, 0.2) is 0 Å². The van der Waals surface area contributed by atoms with Gasteiger partial charge in [0.2, 0.25) is 0 Å². The Morgan fingerprint density at radius 3 is 2.89 bits per heavy atom. The summed E-state index contributed by atoms with van der Waals surface area (Å²) in [4.78, 5) is 10.4. The van der Waals surface area contributed by atoms with E-state index in [0.29, 0.717) is 18.0 Å². The Morgan fingerprint density at radius 2 is 2.28 bits per heavy atom. The third kappa shape index (κ3) is 2.88. The zero-order valence-corrected chi connectivity index (χ0v) is 11.0. The molecule has 0 aromatic heterocycles. The van der Waals surface area contributed by atoms with Crippen LogP contribution in [0.3, 0.4) is 0 Å². The quantitative estimate of drug-likeness (QED) is 0.657. The smallest absolute Gasteiger partial charge is 0.269 e. The van der Waals surface area contributed by atoms with Crippen LogP contribution in [0.5, 0.6) is 0 Å². The molecule has 1 aliphatic carbocycles. The van der Waals surface area contributed by atoms with E-state index in [0.717, 1.165) is 5.56 Å². The van der Waals surface area contributed by atoms with Crippen LogP contribution in [0.1, 0.15) is 38.7 Å². The summed E-state index contributed by atoms with van der Waals surface area (Å²) in [5.41, 5.74) is 1.48. The Kier molecular flexibility index (Phi) is 3.66. The van der Waals surface area contributed by atoms with Gasteiger partial charge < -0.3 is 5.32 Å². The molecule has 0 radical (unpaired) electrons. The molecule has 1 fully saturated rings. The van der Waals surface area contributed by atoms with E-state index < -0.39 is 0 Å². The first-order valence-electron chi connectivity index (χ1n) is 6.46. The zero-order chi connectivity index (χ0) is 13.2. The van der Waals surface area contributed by atoms with E-state index in [1.165, 1.54) is 25.3 Å². The van der Waals surface area contributed by atoms with Crippen LogP contribution >= 0.6 is 0 Å². The second-order valence-electron chi connectivity index (χ2n) is 5.74. The van der Waals surface area contributed by atoms with Gasteiger partial charge in [-0.15, -0.1) is 0 Å². The summed E-state index contributed by atoms with van der Waals surface area (Å²) < 4.78 is 0. The van der Waals surface area contributed by atoms with E-state index in [-0.39, 0.29) is 10.6 Å². The highest BCUT2D eigenvalue weighted by Crippen LogP contribution is 2.37. The van der Waals surface area contributed by atoms with Gasteiger partial charge in [0.25, 0.3) is 5.69 Å². The van der Waals surface area contributed by atoms with Gasteiger partial charge >= 0.3 is 0 Å². The van der Waals surface area contributed by atoms with E-state index in [2.05, 4.69) is 19.2 Å². The summed E-state index contributed by atoms with van der Waals surface area (Å²) >= 11 is 0. The van der Waals surface area contributed by atoms with Gasteiger partial charge in [-0.25, -0.2) is 0 Å². The minimum atomic E-state index is -0.344. The number of hydrogen-bond donors (Lipinski definition) is 1. The number of nitrogens with zero attached hydrogens (tertiary/aromatic N) is 1. The van der Waals surface area contributed by atoms with Crippen molar-refractivity contribution in [1.29, 1.82) is 0 Å². The van der Waals surface area contributed by atoms with Gasteiger partial charge in [-0.05, 0) is 23.8 Å². The molecule has 4 heteroatoms. The number of nitrogens with one attached hydrogen (secondary N) is 1. The molecule has 1 aliphatic rings. The predicted molar refractivity (Wildman–Crippen MR) is 71.4 cm³/mol. The molecule has 1 saturated carbocycles. The van der Waals surface area contributed by atoms with Crippen LogP contribution in [0.4, 0.5) is 5.69 Å². The van der Waals surface area contributed by atoms with Gasteiger partial charge in [-0.2, -0.15) is 0 Å². The molecule has 18 heavy (non-hydrogen) atoms. The number of rotatable bonds is 4. The Balaban J connectivity index is 1.98. The summed E-state index contributed by atoms with van der Waals surface area (Å²) in [6, 6.07) is 7.37. The second-order valence-corrected chi connectivity index (χ2v) is 5.74. The zero-order valence-electron chi connectivity index (χ0n) is 11.0. The fraction of sp³-hybridized carbons (Fsp3) is 0.571. The fourth-order valence-electron chi connectivity index (χ4n) is 2.73. The van der Waals surface area contributed by atoms with E-state index in [9.17, 15) is 10.1 Å². The molecule has 1 aromatic rings. The molecule has 0 aliphatic heterocycles. The van der Waals surface area contributed by atoms with Crippen molar-refractivity contribution in [3.8, 4) is 0 Å². The predicted octanol–water partition coefficient (Wildman–Crippen LogP) is 3.26. The molecular weight excluding hydrogens is 228 g/mol. The largest absolute Gasteiger partial charge is 0.309 e. The van der Waals surface area contributed by atoms with Gasteiger partial charge in [0, 0.05) is 24.7 Å². The van der Waals surface area contributed by atoms with Crippen molar-refractivity contribution in [2.24, 2.45) is 5.41 Å². The number of non-ortho nitro benzene ring substituents is 1. The first-order valence-corrected chi connectivity index (χ1v) is 6.46. The van der Waals surface area contributed by atoms with Gasteiger partial charge in [-0.1, -0.05) is 32.4 Å². The SMILES string of the molecule is CC1(C)CCCC1NCc1cccc([N+](=O)[O-])c1. The number of nitro groups is 1. The molecule has 1 N–H and O–H groups in total. The van der Waals surface area contributed by atoms with Crippen LogP contribution in [0.15, 0.2) is 24.3 Å². The van der Waals surface area contributed by atoms with Crippen molar-refractivity contribution in [3.63, 3.8) is 0 Å². The van der Waals surface area contributed by atoms with Crippen LogP contribution in [0.2, 0.25) is 0 Å². The van der Waals surface area contributed by atoms with E-state index in [1.807, 2.05) is 6.07 Å². The van der Waals surface area contributed by atoms with Crippen molar-refractivity contribution < 1.29 is 4.92 Å². The molecule has 4 nitrogen and oxygen atoms in total. The van der Waals surface area contributed by atoms with Gasteiger partial charge in [0.05, 0.1) is 4.92 Å². The van der Waals surface area contributed by atoms with Crippen LogP contribution in [0.25, 0.3) is 0 Å². The molecule has 0 heterocycles. The fourth-order valence-corrected chi connectivity index (χ4v) is 2.73. The van der Waals surface area contributed by atoms with Crippen LogP contribution in [-0.4, -0.2) is 11.0 Å². The molecule has 98 valence electrons. The van der Waals surface area contributed by atoms with Crippen LogP contribution in [0, 0.1) is 15.5 Å². The van der Waals surface area contributed by atoms with Gasteiger partial charge in [0.1, 0.15) is 0 Å². The highest BCUT2D eigenvalue weighted by atomic mass is 16.6. The van der Waals surface area contributed by atoms with Crippen molar-refractivity contribution in [3.05, 3.63) is 39.9 Å². The maximum Gasteiger partial charge on any atom is 0.269 e. The lowest BCUT2D eigenvalue weighted by molar-refractivity contribution is -0.384. The molecule has 0 saturated heterocycles. The normalized spacial score (nSPS) is 22.0. The highest BCUT2D eigenvalue weighted by Gasteiger charge is 2.33. The van der Waals surface area contributed by atoms with Gasteiger partial charge in [-0.3, -0.25) is 10.1 Å². The minimum Gasteiger partial charge on any atom is -0.309 e. The lowest BCUT2D eigenvalue weighted by Gasteiger charge is -2.28. The first kappa shape index (κ1) is 13.0. The number of benzene rings is 1. The van der Waals surface area contributed by atoms with Crippen molar-refractivity contribution >= 4 is 5.69 Å². The maximum atomic E-state index is 10.7. The standard InChI is InChI=1S/C14H20N2O2/c1-14(2)8-4-7-13(14)15-10-11-5-3-6-12(9-11)16(17)18/h3,5-6,9,13,15H,4,7-8,10H2,1-2H3. The summed E-state index contributed by atoms with van der Waals surface area (Å²) in [6.07, 6.45) is 3.71. The Hall–Kier alpha value is -1.42. The molecule has 0 bridgehead atoms. The van der Waals surface area contributed by atoms with E-state index in [4.69, 9.17) is 0 Å². The topological polar surface area (TPSA) is 55.2 Å². The highest BCUT2D eigenvalue weighted by molar-refractivity contribution is 5.34. The first-order chi connectivity index (χ1) is 8.49. The Labute approximate surface area is 108 Å². The van der Waals surface area contributed by atoms with Crippen molar-refractivity contribution in [1.82, 2.24) is 5.32 Å². The lowest BCUT2D eigenvalue weighted by atomic mass is 9.87. The average Bonchev–Trinajstić information content (AvgIpc) is 2.66. The number of hydrogen-bond acceptors (Lipinski definition) is 3.